The predicted octanol–water partition coefficient (Wildman–Crippen LogP) is 1.02. The van der Waals surface area contributed by atoms with E-state index in [0.717, 1.165) is 23.1 Å². The minimum Gasteiger partial charge on any atom is -0.394 e. The minimum atomic E-state index is -1.92. The Balaban J connectivity index is 1.09. The molecular formula is C82H105ClN18O16. The monoisotopic (exact) mass is 1630 g/mol. The van der Waals surface area contributed by atoms with Crippen LogP contribution in [-0.2, 0) is 107 Å². The molecule has 117 heavy (non-hydrogen) atoms. The van der Waals surface area contributed by atoms with E-state index >= 15 is 14.4 Å². The zero-order chi connectivity index (χ0) is 85.0. The van der Waals surface area contributed by atoms with Crippen LogP contribution in [0, 0.1) is 5.92 Å². The van der Waals surface area contributed by atoms with Gasteiger partial charge in [-0.05, 0) is 152 Å². The van der Waals surface area contributed by atoms with Crippen molar-refractivity contribution in [3.05, 3.63) is 172 Å². The molecule has 0 spiro atoms. The first-order valence-corrected chi connectivity index (χ1v) is 39.3. The van der Waals surface area contributed by atoms with Gasteiger partial charge in [0.1, 0.15) is 66.5 Å². The number of halogens is 1. The first-order valence-electron chi connectivity index (χ1n) is 39.0. The fraction of sp³-hybridized carbons (Fsp3) is 0.439. The molecule has 2 unspecified atom stereocenters. The highest BCUT2D eigenvalue weighted by molar-refractivity contribution is 6.30. The van der Waals surface area contributed by atoms with Crippen LogP contribution in [0.5, 0.6) is 0 Å². The second-order valence-corrected chi connectivity index (χ2v) is 30.5. The van der Waals surface area contributed by atoms with Gasteiger partial charge in [-0.3, -0.25) is 72.6 Å². The van der Waals surface area contributed by atoms with Gasteiger partial charge in [-0.15, -0.1) is 0 Å². The Bertz CT molecular complexity index is 4400. The number of primary amides is 2. The molecule has 17 amide bonds. The summed E-state index contributed by atoms with van der Waals surface area (Å²) in [4.78, 5) is 213. The molecule has 11 atom stereocenters. The summed E-state index contributed by atoms with van der Waals surface area (Å²) >= 11 is 6.27. The molecule has 1 aliphatic carbocycles. The predicted molar refractivity (Wildman–Crippen MR) is 433 cm³/mol. The number of amides is 17. The summed E-state index contributed by atoms with van der Waals surface area (Å²) in [5.74, 6) is -10.9. The van der Waals surface area contributed by atoms with Gasteiger partial charge >= 0.3 is 12.1 Å². The van der Waals surface area contributed by atoms with Crippen LogP contribution in [0.1, 0.15) is 125 Å². The lowest BCUT2D eigenvalue weighted by Gasteiger charge is -2.31. The summed E-state index contributed by atoms with van der Waals surface area (Å²) in [5, 5.41) is 48.6. The largest absolute Gasteiger partial charge is 0.394 e. The normalized spacial score (nSPS) is 16.5. The van der Waals surface area contributed by atoms with Crippen molar-refractivity contribution in [2.24, 2.45) is 17.4 Å². The number of nitrogens with two attached hydrogens (primary N) is 2. The fourth-order valence-corrected chi connectivity index (χ4v) is 13.7. The fourth-order valence-electron chi connectivity index (χ4n) is 13.6. The van der Waals surface area contributed by atoms with Gasteiger partial charge in [-0.25, -0.2) is 9.59 Å². The van der Waals surface area contributed by atoms with Crippen LogP contribution in [0.3, 0.4) is 0 Å². The molecule has 19 N–H and O–H groups in total. The van der Waals surface area contributed by atoms with Crippen LogP contribution in [0.4, 0.5) is 21.0 Å². The standard InChI is InChI=1S/C82H105ClN18O16/c1-45(2)35-60(72(107)92-59(16-9-10-33-87-46(3)4)80(115)101-34-12-17-68(101)79(114)88-47(5)70(84)105)93-74(109)63(38-51-23-30-58(31-24-51)91-81(85)116)95-76(111)64(39-50-21-28-57(29-22-50)90-71(106)66-42-69(104)100-82(117)99-66)97-78(113)67(44-102)98-77(112)65(41-53-13-11-32-86-43-53)96-75(110)62(37-49-19-26-56(83)27-20-49)94-73(108)61(89-48(6)103)40-52-18-25-54-14-7-8-15-55(54)36-52/h7-8,11,13,18-32,36,43,45-47,59-68,87,102H,9-10,12,14-17,33-35,37-42,44H2,1-6H3,(H2,84,105)(H,88,114)(H,89,103)(H,90,106)(H,92,107)(H,93,109)(H,94,108)(H,95,111)(H,96,110)(H,97,113)(H,98,112)(H3,85,91,116)(H2,99,100,104,117)/t47-,59+,60+,61-,62?,63-,64?,65-,66+,67+,68+/m1/s1. The number of aromatic nitrogens is 1. The van der Waals surface area contributed by atoms with Crippen molar-refractivity contribution in [3.8, 4) is 0 Å². The van der Waals surface area contributed by atoms with Crippen LogP contribution >= 0.6 is 11.6 Å². The Hall–Kier alpha value is -12.2. The first kappa shape index (κ1) is 90.4. The summed E-state index contributed by atoms with van der Waals surface area (Å²) in [6.45, 7) is 9.77. The molecule has 5 aromatic rings. The molecule has 4 aromatic carbocycles. The van der Waals surface area contributed by atoms with Gasteiger partial charge in [-0.2, -0.15) is 0 Å². The number of hydrogen-bond acceptors (Lipinski definition) is 18. The van der Waals surface area contributed by atoms with Gasteiger partial charge in [0.05, 0.1) is 13.0 Å². The van der Waals surface area contributed by atoms with E-state index < -0.39 is 168 Å². The van der Waals surface area contributed by atoms with Crippen LogP contribution in [-0.4, -0.2) is 196 Å². The number of benzene rings is 4. The third kappa shape index (κ3) is 28.7. The van der Waals surface area contributed by atoms with Crippen LogP contribution < -0.4 is 85.9 Å². The number of rotatable bonds is 41. The molecule has 8 rings (SSSR count). The van der Waals surface area contributed by atoms with Crippen molar-refractivity contribution in [3.63, 3.8) is 0 Å². The lowest BCUT2D eigenvalue weighted by molar-refractivity contribution is -0.142. The van der Waals surface area contributed by atoms with E-state index in [9.17, 15) is 62.6 Å². The van der Waals surface area contributed by atoms with Gasteiger partial charge in [-0.1, -0.05) is 112 Å². The number of carbonyl (C=O) groups excluding carboxylic acids is 15. The summed E-state index contributed by atoms with van der Waals surface area (Å²) in [6, 6.07) is 10.1. The lowest BCUT2D eigenvalue weighted by Crippen LogP contribution is -2.62. The average molecular weight is 1630 g/mol. The Labute approximate surface area is 682 Å². The second-order valence-electron chi connectivity index (χ2n) is 30.1. The zero-order valence-corrected chi connectivity index (χ0v) is 66.9. The second kappa shape index (κ2) is 44.1. The highest BCUT2D eigenvalue weighted by Crippen LogP contribution is 2.24. The summed E-state index contributed by atoms with van der Waals surface area (Å²) in [5.41, 5.74) is 15.8. The number of aliphatic hydroxyl groups is 1. The Morgan fingerprint density at radius 1 is 0.556 bits per heavy atom. The van der Waals surface area contributed by atoms with Crippen LogP contribution in [0.2, 0.25) is 5.02 Å². The first-order chi connectivity index (χ1) is 55.8. The van der Waals surface area contributed by atoms with Crippen LogP contribution in [0.15, 0.2) is 128 Å². The molecule has 35 heteroatoms. The Kier molecular flexibility index (Phi) is 34.0. The molecule has 2 saturated heterocycles. The number of anilines is 2. The number of fused-ring (bicyclic) bond motifs is 1. The molecule has 626 valence electrons. The van der Waals surface area contributed by atoms with Crippen molar-refractivity contribution in [2.75, 3.05) is 30.3 Å². The average Bonchev–Trinajstić information content (AvgIpc) is 1.81. The highest BCUT2D eigenvalue weighted by Gasteiger charge is 2.41. The molecule has 34 nitrogen and oxygen atoms in total. The number of nitrogens with zero attached hydrogens (tertiary/aromatic N) is 2. The van der Waals surface area contributed by atoms with E-state index in [1.807, 2.05) is 38.1 Å². The van der Waals surface area contributed by atoms with E-state index in [1.165, 1.54) is 79.7 Å². The number of urea groups is 2. The SMILES string of the molecule is CC(=O)N[C@H](Cc1ccc2c(c1)CC=CC2)C(=O)NC(Cc1ccc(Cl)cc1)C(=O)N[C@H](Cc1cccnc1)C(=O)N[C@@H](CO)C(=O)NC(Cc1ccc(NC(=O)[C@@H]2CC(=O)NC(=O)N2)cc1)C(=O)N[C@H](Cc1ccc(NC(N)=O)cc1)C(=O)N[C@@H](CC(C)C)C(=O)N[C@@H](CCCCNC(C)C)C(=O)N1CCC[C@H]1C(=O)N[C@H](C)C(N)=O. The van der Waals surface area contributed by atoms with Gasteiger partial charge in [0.25, 0.3) is 0 Å². The molecule has 0 bridgehead atoms. The molecule has 2 aliphatic heterocycles. The summed E-state index contributed by atoms with van der Waals surface area (Å²) in [7, 11) is 0. The molecule has 3 aliphatic rings. The van der Waals surface area contributed by atoms with Gasteiger partial charge in [0, 0.05) is 80.4 Å². The molecule has 3 heterocycles. The molecule has 1 aromatic heterocycles. The molecular weight excluding hydrogens is 1530 g/mol. The number of aliphatic hydroxyl groups excluding tert-OH is 1. The maximum absolute atomic E-state index is 15.5. The quantitative estimate of drug-likeness (QED) is 0.0192. The Morgan fingerprint density at radius 2 is 1.04 bits per heavy atom. The van der Waals surface area contributed by atoms with E-state index in [2.05, 4.69) is 85.5 Å². The number of unbranched alkanes of at least 4 members (excludes halogenated alkanes) is 1. The van der Waals surface area contributed by atoms with E-state index in [0.29, 0.717) is 53.9 Å². The minimum absolute atomic E-state index is 0.0265. The maximum Gasteiger partial charge on any atom is 0.322 e. The smallest absolute Gasteiger partial charge is 0.322 e. The van der Waals surface area contributed by atoms with E-state index in [4.69, 9.17) is 23.1 Å². The van der Waals surface area contributed by atoms with Crippen molar-refractivity contribution in [1.29, 1.82) is 0 Å². The number of allylic oxidation sites excluding steroid dienone is 2. The van der Waals surface area contributed by atoms with Gasteiger partial charge < -0.3 is 90.6 Å². The van der Waals surface area contributed by atoms with Crippen molar-refractivity contribution in [2.45, 2.75) is 204 Å². The lowest BCUT2D eigenvalue weighted by atomic mass is 9.93. The topological polar surface area (TPSA) is 513 Å². The van der Waals surface area contributed by atoms with Crippen molar-refractivity contribution >= 4 is 112 Å². The van der Waals surface area contributed by atoms with Gasteiger partial charge in [0.15, 0.2) is 0 Å². The molecule has 0 radical (unpaired) electrons. The number of nitrogens with one attached hydrogen (secondary N) is 14. The Morgan fingerprint density at radius 3 is 1.56 bits per heavy atom. The third-order valence-electron chi connectivity index (χ3n) is 19.7. The number of pyridine rings is 1. The van der Waals surface area contributed by atoms with Crippen LogP contribution in [0.25, 0.3) is 0 Å². The zero-order valence-electron chi connectivity index (χ0n) is 66.1. The maximum atomic E-state index is 15.5. The molecule has 2 fully saturated rings. The number of likely N-dealkylation sites (tertiary alicyclic amines) is 1. The van der Waals surface area contributed by atoms with Gasteiger partial charge in [0.2, 0.25) is 76.8 Å². The summed E-state index contributed by atoms with van der Waals surface area (Å²) < 4.78 is 0. The number of hydrogen-bond donors (Lipinski definition) is 17. The number of imide groups is 1. The third-order valence-corrected chi connectivity index (χ3v) is 20.0. The summed E-state index contributed by atoms with van der Waals surface area (Å²) in [6.07, 6.45) is 8.61. The number of carbonyl (C=O) groups is 15. The van der Waals surface area contributed by atoms with E-state index in [1.54, 1.807) is 50.2 Å². The molecule has 0 saturated carbocycles. The van der Waals surface area contributed by atoms with E-state index in [-0.39, 0.29) is 86.8 Å². The highest BCUT2D eigenvalue weighted by atomic mass is 35.5. The van der Waals surface area contributed by atoms with Crippen molar-refractivity contribution in [1.82, 2.24) is 73.7 Å². The van der Waals surface area contributed by atoms with Crippen molar-refractivity contribution < 1.29 is 77.0 Å².